The second-order valence-corrected chi connectivity index (χ2v) is 7.96. The number of aromatic nitrogens is 2. The van der Waals surface area contributed by atoms with Gasteiger partial charge in [0.2, 0.25) is 0 Å². The molecule has 2 rings (SSSR count). The van der Waals surface area contributed by atoms with Crippen molar-refractivity contribution in [2.45, 2.75) is 70.9 Å². The van der Waals surface area contributed by atoms with Crippen molar-refractivity contribution in [3.63, 3.8) is 0 Å². The van der Waals surface area contributed by atoms with Crippen LogP contribution in [0.3, 0.4) is 0 Å². The predicted molar refractivity (Wildman–Crippen MR) is 100 cm³/mol. The summed E-state index contributed by atoms with van der Waals surface area (Å²) in [4.78, 5) is 16.7. The van der Waals surface area contributed by atoms with Crippen molar-refractivity contribution < 1.29 is 23.1 Å². The van der Waals surface area contributed by atoms with E-state index in [1.807, 2.05) is 13.8 Å². The summed E-state index contributed by atoms with van der Waals surface area (Å²) in [6.07, 6.45) is -1.63. The monoisotopic (exact) mass is 405 g/mol. The minimum Gasteiger partial charge on any atom is -0.389 e. The summed E-state index contributed by atoms with van der Waals surface area (Å²) in [5, 5.41) is 16.6. The average molecular weight is 405 g/mol. The molecule has 2 heterocycles. The van der Waals surface area contributed by atoms with E-state index in [0.29, 0.717) is 19.6 Å². The molecule has 1 aliphatic heterocycles. The van der Waals surface area contributed by atoms with Crippen LogP contribution >= 0.6 is 0 Å². The minimum absolute atomic E-state index is 0.0533. The van der Waals surface area contributed by atoms with Gasteiger partial charge in [-0.3, -0.25) is 14.9 Å². The molecular formula is C18H30F3N5O2. The SMILES string of the molecule is CC[C@@H]1CN(C(=O)Nc2ccn(CC(F)(F)F)n2)[C@@H](CC)CN1CC(C)(C)O. The Morgan fingerprint density at radius 3 is 2.39 bits per heavy atom. The molecule has 0 aliphatic carbocycles. The van der Waals surface area contributed by atoms with Gasteiger partial charge in [0.15, 0.2) is 5.82 Å². The quantitative estimate of drug-likeness (QED) is 0.763. The largest absolute Gasteiger partial charge is 0.408 e. The van der Waals surface area contributed by atoms with Crippen LogP contribution in [0, 0.1) is 0 Å². The highest BCUT2D eigenvalue weighted by atomic mass is 19.4. The van der Waals surface area contributed by atoms with Crippen LogP contribution in [0.1, 0.15) is 40.5 Å². The van der Waals surface area contributed by atoms with Crippen molar-refractivity contribution in [2.75, 3.05) is 25.0 Å². The lowest BCUT2D eigenvalue weighted by Gasteiger charge is -2.47. The van der Waals surface area contributed by atoms with Crippen molar-refractivity contribution in [3.8, 4) is 0 Å². The number of urea groups is 1. The fourth-order valence-electron chi connectivity index (χ4n) is 3.57. The third-order valence-corrected chi connectivity index (χ3v) is 4.82. The molecule has 0 saturated carbocycles. The van der Waals surface area contributed by atoms with Gasteiger partial charge in [-0.2, -0.15) is 18.3 Å². The Balaban J connectivity index is 2.05. The third kappa shape index (κ3) is 6.37. The number of aliphatic hydroxyl groups is 1. The van der Waals surface area contributed by atoms with Crippen molar-refractivity contribution in [1.82, 2.24) is 19.6 Å². The standard InChI is InChI=1S/C18H30F3N5O2/c1-5-13-10-26(14(6-2)9-24(13)11-17(3,4)28)16(27)22-15-7-8-25(23-15)12-18(19,20)21/h7-8,13-14,28H,5-6,9-12H2,1-4H3,(H,22,23,27)/t13-,14+/m1/s1. The van der Waals surface area contributed by atoms with Crippen LogP contribution in [0.25, 0.3) is 0 Å². The maximum atomic E-state index is 12.8. The van der Waals surface area contributed by atoms with Gasteiger partial charge in [0.25, 0.3) is 0 Å². The van der Waals surface area contributed by atoms with Crippen LogP contribution in [-0.2, 0) is 6.54 Å². The van der Waals surface area contributed by atoms with Gasteiger partial charge in [0.05, 0.1) is 5.60 Å². The van der Waals surface area contributed by atoms with Gasteiger partial charge in [-0.25, -0.2) is 4.79 Å². The van der Waals surface area contributed by atoms with E-state index in [1.54, 1.807) is 18.7 Å². The summed E-state index contributed by atoms with van der Waals surface area (Å²) in [6, 6.07) is 1.03. The van der Waals surface area contributed by atoms with Crippen LogP contribution in [0.5, 0.6) is 0 Å². The number of nitrogens with zero attached hydrogens (tertiary/aromatic N) is 4. The Morgan fingerprint density at radius 2 is 1.86 bits per heavy atom. The van der Waals surface area contributed by atoms with Crippen molar-refractivity contribution in [2.24, 2.45) is 0 Å². The number of nitrogens with one attached hydrogen (secondary N) is 1. The van der Waals surface area contributed by atoms with E-state index in [1.165, 1.54) is 12.3 Å². The molecule has 28 heavy (non-hydrogen) atoms. The van der Waals surface area contributed by atoms with Gasteiger partial charge in [0, 0.05) is 44.0 Å². The number of halogens is 3. The molecular weight excluding hydrogens is 375 g/mol. The van der Waals surface area contributed by atoms with Gasteiger partial charge in [-0.05, 0) is 26.7 Å². The molecule has 1 aliphatic rings. The number of rotatable bonds is 6. The molecule has 160 valence electrons. The number of alkyl halides is 3. The number of piperazine rings is 1. The van der Waals surface area contributed by atoms with Crippen LogP contribution in [0.15, 0.2) is 12.3 Å². The van der Waals surface area contributed by atoms with Gasteiger partial charge >= 0.3 is 12.2 Å². The van der Waals surface area contributed by atoms with E-state index in [9.17, 15) is 23.1 Å². The molecule has 1 saturated heterocycles. The van der Waals surface area contributed by atoms with Gasteiger partial charge in [0.1, 0.15) is 6.54 Å². The average Bonchev–Trinajstić information content (AvgIpc) is 2.97. The molecule has 1 aromatic heterocycles. The number of β-amino-alcohol motifs (C(OH)–C–C–N with tert-alkyl or cyclic N) is 1. The summed E-state index contributed by atoms with van der Waals surface area (Å²) >= 11 is 0. The summed E-state index contributed by atoms with van der Waals surface area (Å²) in [6.45, 7) is 7.97. The molecule has 0 aromatic carbocycles. The highest BCUT2D eigenvalue weighted by molar-refractivity contribution is 5.88. The zero-order chi connectivity index (χ0) is 21.1. The summed E-state index contributed by atoms with van der Waals surface area (Å²) < 4.78 is 38.1. The zero-order valence-electron chi connectivity index (χ0n) is 16.8. The van der Waals surface area contributed by atoms with E-state index >= 15 is 0 Å². The molecule has 2 amide bonds. The van der Waals surface area contributed by atoms with E-state index in [0.717, 1.165) is 17.5 Å². The highest BCUT2D eigenvalue weighted by Gasteiger charge is 2.37. The number of carbonyl (C=O) groups is 1. The Kier molecular flexibility index (Phi) is 6.97. The second kappa shape index (κ2) is 8.69. The van der Waals surface area contributed by atoms with Crippen molar-refractivity contribution in [3.05, 3.63) is 12.3 Å². The molecule has 0 unspecified atom stereocenters. The topological polar surface area (TPSA) is 73.6 Å². The van der Waals surface area contributed by atoms with Gasteiger partial charge < -0.3 is 10.0 Å². The van der Waals surface area contributed by atoms with Crippen molar-refractivity contribution >= 4 is 11.8 Å². The molecule has 2 atom stereocenters. The fraction of sp³-hybridized carbons (Fsp3) is 0.778. The van der Waals surface area contributed by atoms with E-state index in [4.69, 9.17) is 0 Å². The third-order valence-electron chi connectivity index (χ3n) is 4.82. The van der Waals surface area contributed by atoms with E-state index in [-0.39, 0.29) is 23.9 Å². The first-order valence-electron chi connectivity index (χ1n) is 9.56. The Labute approximate surface area is 163 Å². The highest BCUT2D eigenvalue weighted by Crippen LogP contribution is 2.23. The molecule has 10 heteroatoms. The first-order valence-corrected chi connectivity index (χ1v) is 9.56. The number of carbonyl (C=O) groups excluding carboxylic acids is 1. The summed E-state index contributed by atoms with van der Waals surface area (Å²) in [7, 11) is 0. The van der Waals surface area contributed by atoms with Crippen LogP contribution < -0.4 is 5.32 Å². The van der Waals surface area contributed by atoms with E-state index < -0.39 is 18.3 Å². The number of hydrogen-bond donors (Lipinski definition) is 2. The molecule has 1 fully saturated rings. The first-order chi connectivity index (χ1) is 12.9. The van der Waals surface area contributed by atoms with Crippen molar-refractivity contribution in [1.29, 1.82) is 0 Å². The molecule has 7 nitrogen and oxygen atoms in total. The maximum absolute atomic E-state index is 12.8. The molecule has 0 spiro atoms. The molecule has 2 N–H and O–H groups in total. The maximum Gasteiger partial charge on any atom is 0.408 e. The lowest BCUT2D eigenvalue weighted by molar-refractivity contribution is -0.142. The number of anilines is 1. The predicted octanol–water partition coefficient (Wildman–Crippen LogP) is 2.92. The Bertz CT molecular complexity index is 656. The molecule has 0 radical (unpaired) electrons. The lowest BCUT2D eigenvalue weighted by Crippen LogP contribution is -2.62. The Morgan fingerprint density at radius 1 is 1.21 bits per heavy atom. The molecule has 1 aromatic rings. The van der Waals surface area contributed by atoms with E-state index in [2.05, 4.69) is 15.3 Å². The number of amides is 2. The van der Waals surface area contributed by atoms with Crippen LogP contribution in [0.2, 0.25) is 0 Å². The number of hydrogen-bond acceptors (Lipinski definition) is 4. The minimum atomic E-state index is -4.37. The van der Waals surface area contributed by atoms with Crippen LogP contribution in [-0.4, -0.2) is 74.2 Å². The van der Waals surface area contributed by atoms with Gasteiger partial charge in [-0.15, -0.1) is 0 Å². The fourth-order valence-corrected chi connectivity index (χ4v) is 3.57. The lowest BCUT2D eigenvalue weighted by atomic mass is 10.00. The Hall–Kier alpha value is -1.81. The normalized spacial score (nSPS) is 21.8. The smallest absolute Gasteiger partial charge is 0.389 e. The first kappa shape index (κ1) is 22.5. The second-order valence-electron chi connectivity index (χ2n) is 7.96. The van der Waals surface area contributed by atoms with Crippen LogP contribution in [0.4, 0.5) is 23.8 Å². The molecule has 0 bridgehead atoms. The van der Waals surface area contributed by atoms with Gasteiger partial charge in [-0.1, -0.05) is 13.8 Å². The summed E-state index contributed by atoms with van der Waals surface area (Å²) in [5.74, 6) is 0.0936. The zero-order valence-corrected chi connectivity index (χ0v) is 16.8. The summed E-state index contributed by atoms with van der Waals surface area (Å²) in [5.41, 5.74) is -0.832.